The maximum atomic E-state index is 10.9. The minimum absolute atomic E-state index is 0.436. The van der Waals surface area contributed by atoms with E-state index in [1.54, 1.807) is 12.1 Å². The Morgan fingerprint density at radius 3 is 2.88 bits per heavy atom. The average molecular weight is 233 g/mol. The third-order valence-electron chi connectivity index (χ3n) is 3.42. The quantitative estimate of drug-likeness (QED) is 0.836. The molecule has 2 atom stereocenters. The first kappa shape index (κ1) is 11.9. The van der Waals surface area contributed by atoms with Gasteiger partial charge in [0.2, 0.25) is 5.91 Å². The summed E-state index contributed by atoms with van der Waals surface area (Å²) in [4.78, 5) is 15.0. The number of nitrogens with one attached hydrogen (secondary N) is 1. The van der Waals surface area contributed by atoms with Crippen LogP contribution in [0.5, 0.6) is 0 Å². The molecule has 4 heteroatoms. The Balaban J connectivity index is 1.85. The fourth-order valence-corrected chi connectivity index (χ4v) is 2.40. The lowest BCUT2D eigenvalue weighted by atomic mass is 10.1. The Kier molecular flexibility index (Phi) is 3.61. The minimum Gasteiger partial charge on any atom is -0.370 e. The van der Waals surface area contributed by atoms with E-state index in [4.69, 9.17) is 5.73 Å². The van der Waals surface area contributed by atoms with Crippen molar-refractivity contribution in [3.63, 3.8) is 0 Å². The molecule has 1 amide bonds. The molecular formula is C13H19N3O. The van der Waals surface area contributed by atoms with Crippen molar-refractivity contribution < 1.29 is 4.79 Å². The standard InChI is InChI=1S/C13H19N3O/c1-9-2-3-10(6-9)7-15-12-5-4-11(8-16-12)13(14)17/h4-5,8-10H,2-3,6-7H2,1H3,(H2,14,17)(H,15,16). The molecule has 0 aliphatic heterocycles. The number of carbonyl (C=O) groups excluding carboxylic acids is 1. The van der Waals surface area contributed by atoms with Crippen LogP contribution in [0.15, 0.2) is 18.3 Å². The molecule has 2 unspecified atom stereocenters. The maximum absolute atomic E-state index is 10.9. The minimum atomic E-state index is -0.436. The molecule has 0 radical (unpaired) electrons. The third-order valence-corrected chi connectivity index (χ3v) is 3.42. The van der Waals surface area contributed by atoms with Gasteiger partial charge in [0.1, 0.15) is 5.82 Å². The summed E-state index contributed by atoms with van der Waals surface area (Å²) in [5.41, 5.74) is 5.60. The van der Waals surface area contributed by atoms with Crippen molar-refractivity contribution in [1.29, 1.82) is 0 Å². The number of carbonyl (C=O) groups is 1. The van der Waals surface area contributed by atoms with Gasteiger partial charge in [-0.15, -0.1) is 0 Å². The van der Waals surface area contributed by atoms with Crippen LogP contribution >= 0.6 is 0 Å². The highest BCUT2D eigenvalue weighted by Gasteiger charge is 2.20. The monoisotopic (exact) mass is 233 g/mol. The van der Waals surface area contributed by atoms with Gasteiger partial charge in [-0.05, 0) is 36.8 Å². The Hall–Kier alpha value is -1.58. The number of hydrogen-bond acceptors (Lipinski definition) is 3. The Morgan fingerprint density at radius 1 is 1.53 bits per heavy atom. The van der Waals surface area contributed by atoms with Crippen molar-refractivity contribution >= 4 is 11.7 Å². The van der Waals surface area contributed by atoms with Crippen LogP contribution < -0.4 is 11.1 Å². The lowest BCUT2D eigenvalue weighted by Gasteiger charge is -2.11. The maximum Gasteiger partial charge on any atom is 0.250 e. The molecule has 1 aromatic heterocycles. The smallest absolute Gasteiger partial charge is 0.250 e. The highest BCUT2D eigenvalue weighted by Crippen LogP contribution is 2.30. The summed E-state index contributed by atoms with van der Waals surface area (Å²) in [6.45, 7) is 3.27. The van der Waals surface area contributed by atoms with Crippen LogP contribution in [-0.4, -0.2) is 17.4 Å². The van der Waals surface area contributed by atoms with E-state index in [1.165, 1.54) is 25.5 Å². The van der Waals surface area contributed by atoms with Crippen molar-refractivity contribution in [2.45, 2.75) is 26.2 Å². The van der Waals surface area contributed by atoms with E-state index < -0.39 is 5.91 Å². The number of anilines is 1. The summed E-state index contributed by atoms with van der Waals surface area (Å²) in [5, 5.41) is 3.31. The predicted octanol–water partition coefficient (Wildman–Crippen LogP) is 2.03. The first-order valence-corrected chi connectivity index (χ1v) is 6.15. The van der Waals surface area contributed by atoms with Crippen molar-refractivity contribution in [2.24, 2.45) is 17.6 Å². The van der Waals surface area contributed by atoms with E-state index in [1.807, 2.05) is 0 Å². The van der Waals surface area contributed by atoms with E-state index >= 15 is 0 Å². The van der Waals surface area contributed by atoms with Crippen LogP contribution in [0.4, 0.5) is 5.82 Å². The molecule has 2 rings (SSSR count). The molecule has 1 aliphatic carbocycles. The molecule has 3 N–H and O–H groups in total. The summed E-state index contributed by atoms with van der Waals surface area (Å²) in [6, 6.07) is 3.51. The number of amides is 1. The zero-order valence-electron chi connectivity index (χ0n) is 10.1. The summed E-state index contributed by atoms with van der Waals surface area (Å²) in [7, 11) is 0. The second-order valence-corrected chi connectivity index (χ2v) is 4.96. The second kappa shape index (κ2) is 5.17. The fourth-order valence-electron chi connectivity index (χ4n) is 2.40. The van der Waals surface area contributed by atoms with Gasteiger partial charge >= 0.3 is 0 Å². The van der Waals surface area contributed by atoms with E-state index in [0.29, 0.717) is 5.56 Å². The van der Waals surface area contributed by atoms with Crippen LogP contribution in [0, 0.1) is 11.8 Å². The summed E-state index contributed by atoms with van der Waals surface area (Å²) < 4.78 is 0. The first-order chi connectivity index (χ1) is 8.15. The number of primary amides is 1. The second-order valence-electron chi connectivity index (χ2n) is 4.96. The van der Waals surface area contributed by atoms with Gasteiger partial charge in [-0.3, -0.25) is 4.79 Å². The van der Waals surface area contributed by atoms with Crippen molar-refractivity contribution in [2.75, 3.05) is 11.9 Å². The van der Waals surface area contributed by atoms with Gasteiger partial charge in [0.05, 0.1) is 5.56 Å². The van der Waals surface area contributed by atoms with Crippen molar-refractivity contribution in [3.8, 4) is 0 Å². The summed E-state index contributed by atoms with van der Waals surface area (Å²) in [5.74, 6) is 1.98. The van der Waals surface area contributed by atoms with E-state index in [9.17, 15) is 4.79 Å². The predicted molar refractivity (Wildman–Crippen MR) is 67.7 cm³/mol. The van der Waals surface area contributed by atoms with Crippen molar-refractivity contribution in [3.05, 3.63) is 23.9 Å². The molecule has 0 saturated heterocycles. The van der Waals surface area contributed by atoms with Gasteiger partial charge in [-0.2, -0.15) is 0 Å². The zero-order valence-corrected chi connectivity index (χ0v) is 10.1. The molecule has 0 spiro atoms. The molecule has 92 valence electrons. The van der Waals surface area contributed by atoms with Gasteiger partial charge in [0.15, 0.2) is 0 Å². The normalized spacial score (nSPS) is 23.6. The Labute approximate surface area is 102 Å². The van der Waals surface area contributed by atoms with Gasteiger partial charge in [-0.25, -0.2) is 4.98 Å². The topological polar surface area (TPSA) is 68.0 Å². The number of hydrogen-bond donors (Lipinski definition) is 2. The lowest BCUT2D eigenvalue weighted by molar-refractivity contribution is 0.1000. The van der Waals surface area contributed by atoms with E-state index in [0.717, 1.165) is 24.2 Å². The lowest BCUT2D eigenvalue weighted by Crippen LogP contribution is -2.14. The largest absolute Gasteiger partial charge is 0.370 e. The van der Waals surface area contributed by atoms with Gasteiger partial charge < -0.3 is 11.1 Å². The molecule has 0 bridgehead atoms. The SMILES string of the molecule is CC1CCC(CNc2ccc(C(N)=O)cn2)C1. The van der Waals surface area contributed by atoms with Gasteiger partial charge in [0.25, 0.3) is 0 Å². The highest BCUT2D eigenvalue weighted by atomic mass is 16.1. The Bertz CT molecular complexity index is 388. The summed E-state index contributed by atoms with van der Waals surface area (Å²) in [6.07, 6.45) is 5.45. The zero-order chi connectivity index (χ0) is 12.3. The number of nitrogens with two attached hydrogens (primary N) is 1. The molecule has 0 aromatic carbocycles. The first-order valence-electron chi connectivity index (χ1n) is 6.15. The fraction of sp³-hybridized carbons (Fsp3) is 0.538. The third kappa shape index (κ3) is 3.19. The molecule has 17 heavy (non-hydrogen) atoms. The highest BCUT2D eigenvalue weighted by molar-refractivity contribution is 5.92. The average Bonchev–Trinajstić information content (AvgIpc) is 2.73. The molecule has 1 heterocycles. The van der Waals surface area contributed by atoms with Crippen LogP contribution in [0.2, 0.25) is 0 Å². The van der Waals surface area contributed by atoms with Crippen LogP contribution in [0.1, 0.15) is 36.5 Å². The number of pyridine rings is 1. The molecule has 1 fully saturated rings. The van der Waals surface area contributed by atoms with Crippen molar-refractivity contribution in [1.82, 2.24) is 4.98 Å². The molecule has 1 saturated carbocycles. The number of nitrogens with zero attached hydrogens (tertiary/aromatic N) is 1. The number of aromatic nitrogens is 1. The summed E-state index contributed by atoms with van der Waals surface area (Å²) >= 11 is 0. The van der Waals surface area contributed by atoms with E-state index in [2.05, 4.69) is 17.2 Å². The van der Waals surface area contributed by atoms with Crippen LogP contribution in [0.25, 0.3) is 0 Å². The van der Waals surface area contributed by atoms with Crippen LogP contribution in [-0.2, 0) is 0 Å². The Morgan fingerprint density at radius 2 is 2.35 bits per heavy atom. The van der Waals surface area contributed by atoms with Crippen LogP contribution in [0.3, 0.4) is 0 Å². The molecule has 1 aliphatic rings. The molecule has 4 nitrogen and oxygen atoms in total. The molecule has 1 aromatic rings. The number of rotatable bonds is 4. The van der Waals surface area contributed by atoms with E-state index in [-0.39, 0.29) is 0 Å². The molecular weight excluding hydrogens is 214 g/mol. The van der Waals surface area contributed by atoms with Gasteiger partial charge in [0, 0.05) is 12.7 Å². The van der Waals surface area contributed by atoms with Gasteiger partial charge in [-0.1, -0.05) is 13.3 Å².